The monoisotopic (exact) mass is 379 g/mol. The molecule has 2 fully saturated rings. The Morgan fingerprint density at radius 2 is 1.89 bits per heavy atom. The molecule has 1 aliphatic carbocycles. The molecule has 1 saturated carbocycles. The maximum Gasteiger partial charge on any atom is 0.233 e. The zero-order valence-corrected chi connectivity index (χ0v) is 16.6. The van der Waals surface area contributed by atoms with Gasteiger partial charge in [-0.2, -0.15) is 0 Å². The first-order chi connectivity index (χ1) is 13.7. The summed E-state index contributed by atoms with van der Waals surface area (Å²) in [5.41, 5.74) is 1.75. The normalized spacial score (nSPS) is 21.9. The molecule has 4 rings (SSSR count). The van der Waals surface area contributed by atoms with Crippen LogP contribution in [0.5, 0.6) is 5.75 Å². The molecule has 1 aliphatic heterocycles. The molecule has 0 unspecified atom stereocenters. The molecule has 0 bridgehead atoms. The Hall–Kier alpha value is -2.43. The molecule has 2 aliphatic rings. The zero-order chi connectivity index (χ0) is 19.4. The molecule has 1 amide bonds. The van der Waals surface area contributed by atoms with Crippen LogP contribution in [0.15, 0.2) is 42.9 Å². The van der Waals surface area contributed by atoms with Crippen LogP contribution in [0.4, 0.5) is 0 Å². The fraction of sp³-hybridized carbons (Fsp3) is 0.522. The van der Waals surface area contributed by atoms with Gasteiger partial charge in [-0.25, -0.2) is 0 Å². The van der Waals surface area contributed by atoms with E-state index in [0.717, 1.165) is 68.6 Å². The molecule has 1 saturated heterocycles. The highest BCUT2D eigenvalue weighted by Crippen LogP contribution is 2.42. The van der Waals surface area contributed by atoms with E-state index in [2.05, 4.69) is 27.0 Å². The molecule has 1 aromatic carbocycles. The second kappa shape index (κ2) is 8.29. The van der Waals surface area contributed by atoms with E-state index in [-0.39, 0.29) is 5.92 Å². The number of hydrogen-bond acceptors (Lipinski definition) is 4. The molecule has 28 heavy (non-hydrogen) atoms. The van der Waals surface area contributed by atoms with Gasteiger partial charge in [-0.05, 0) is 43.4 Å². The Morgan fingerprint density at radius 1 is 1.11 bits per heavy atom. The zero-order valence-electron chi connectivity index (χ0n) is 16.6. The number of rotatable bonds is 4. The van der Waals surface area contributed by atoms with E-state index in [1.807, 2.05) is 18.3 Å². The van der Waals surface area contributed by atoms with Gasteiger partial charge in [0.2, 0.25) is 5.91 Å². The van der Waals surface area contributed by atoms with Gasteiger partial charge >= 0.3 is 0 Å². The fourth-order valence-electron chi connectivity index (χ4n) is 4.92. The van der Waals surface area contributed by atoms with E-state index in [4.69, 9.17) is 4.74 Å². The number of ether oxygens (including phenoxy) is 1. The second-order valence-electron chi connectivity index (χ2n) is 8.09. The maximum absolute atomic E-state index is 13.9. The van der Waals surface area contributed by atoms with E-state index >= 15 is 0 Å². The highest BCUT2D eigenvalue weighted by molar-refractivity contribution is 5.88. The lowest BCUT2D eigenvalue weighted by atomic mass is 9.68. The number of nitrogens with zero attached hydrogens (tertiary/aromatic N) is 3. The number of likely N-dealkylation sites (tertiary alicyclic amines) is 1. The smallest absolute Gasteiger partial charge is 0.233 e. The van der Waals surface area contributed by atoms with Crippen molar-refractivity contribution in [3.63, 3.8) is 0 Å². The van der Waals surface area contributed by atoms with E-state index in [0.29, 0.717) is 5.91 Å². The first-order valence-electron chi connectivity index (χ1n) is 10.4. The van der Waals surface area contributed by atoms with Crippen molar-refractivity contribution in [2.24, 2.45) is 0 Å². The first kappa shape index (κ1) is 18.9. The molecule has 2 heterocycles. The summed E-state index contributed by atoms with van der Waals surface area (Å²) in [5, 5.41) is 0. The highest BCUT2D eigenvalue weighted by Gasteiger charge is 2.44. The van der Waals surface area contributed by atoms with Gasteiger partial charge in [0.25, 0.3) is 0 Å². The summed E-state index contributed by atoms with van der Waals surface area (Å²) in [6.07, 6.45) is 12.7. The van der Waals surface area contributed by atoms with Gasteiger partial charge in [-0.1, -0.05) is 31.4 Å². The first-order valence-corrected chi connectivity index (χ1v) is 10.4. The van der Waals surface area contributed by atoms with E-state index < -0.39 is 5.41 Å². The van der Waals surface area contributed by atoms with Gasteiger partial charge in [0.15, 0.2) is 0 Å². The van der Waals surface area contributed by atoms with Gasteiger partial charge in [-0.3, -0.25) is 14.8 Å². The predicted molar refractivity (Wildman–Crippen MR) is 108 cm³/mol. The Bertz CT molecular complexity index is 785. The van der Waals surface area contributed by atoms with Gasteiger partial charge in [-0.15, -0.1) is 0 Å². The minimum Gasteiger partial charge on any atom is -0.497 e. The molecular formula is C23H29N3O2. The average Bonchev–Trinajstić information content (AvgIpc) is 2.80. The maximum atomic E-state index is 13.9. The summed E-state index contributed by atoms with van der Waals surface area (Å²) in [6.45, 7) is 1.59. The third-order valence-electron chi connectivity index (χ3n) is 6.47. The molecule has 0 spiro atoms. The van der Waals surface area contributed by atoms with Crippen LogP contribution in [-0.4, -0.2) is 41.0 Å². The van der Waals surface area contributed by atoms with Gasteiger partial charge < -0.3 is 9.64 Å². The Kier molecular flexibility index (Phi) is 5.60. The third kappa shape index (κ3) is 3.62. The van der Waals surface area contributed by atoms with Crippen molar-refractivity contribution in [1.82, 2.24) is 14.9 Å². The SMILES string of the molecule is COc1ccc(C2(C(=O)N3CCC[C@H](c4cnccn4)C3)CCCCC2)cc1. The Morgan fingerprint density at radius 3 is 2.57 bits per heavy atom. The number of methoxy groups -OCH3 is 1. The highest BCUT2D eigenvalue weighted by atomic mass is 16.5. The molecule has 0 radical (unpaired) electrons. The van der Waals surface area contributed by atoms with Crippen LogP contribution in [0.3, 0.4) is 0 Å². The van der Waals surface area contributed by atoms with Crippen molar-refractivity contribution in [1.29, 1.82) is 0 Å². The molecular weight excluding hydrogens is 350 g/mol. The van der Waals surface area contributed by atoms with Crippen molar-refractivity contribution < 1.29 is 9.53 Å². The number of hydrogen-bond donors (Lipinski definition) is 0. The largest absolute Gasteiger partial charge is 0.497 e. The molecule has 0 N–H and O–H groups in total. The van der Waals surface area contributed by atoms with Crippen LogP contribution in [-0.2, 0) is 10.2 Å². The Balaban J connectivity index is 1.60. The quantitative estimate of drug-likeness (QED) is 0.803. The number of piperidine rings is 1. The number of amides is 1. The van der Waals surface area contributed by atoms with Gasteiger partial charge in [0, 0.05) is 37.6 Å². The Labute approximate surface area is 167 Å². The number of carbonyl (C=O) groups excluding carboxylic acids is 1. The van der Waals surface area contributed by atoms with Crippen molar-refractivity contribution >= 4 is 5.91 Å². The molecule has 5 nitrogen and oxygen atoms in total. The van der Waals surface area contributed by atoms with Crippen molar-refractivity contribution in [2.75, 3.05) is 20.2 Å². The molecule has 2 aromatic rings. The fourth-order valence-corrected chi connectivity index (χ4v) is 4.92. The number of aromatic nitrogens is 2. The molecule has 1 atom stereocenters. The third-order valence-corrected chi connectivity index (χ3v) is 6.47. The lowest BCUT2D eigenvalue weighted by Crippen LogP contribution is -2.51. The van der Waals surface area contributed by atoms with Crippen molar-refractivity contribution in [2.45, 2.75) is 56.3 Å². The summed E-state index contributed by atoms with van der Waals surface area (Å²) in [7, 11) is 1.68. The van der Waals surface area contributed by atoms with Crippen molar-refractivity contribution in [3.05, 3.63) is 54.1 Å². The van der Waals surface area contributed by atoms with Gasteiger partial charge in [0.1, 0.15) is 5.75 Å². The molecule has 5 heteroatoms. The van der Waals surface area contributed by atoms with Crippen LogP contribution in [0, 0.1) is 0 Å². The van der Waals surface area contributed by atoms with Crippen LogP contribution in [0.2, 0.25) is 0 Å². The van der Waals surface area contributed by atoms with Crippen LogP contribution in [0.25, 0.3) is 0 Å². The molecule has 148 valence electrons. The van der Waals surface area contributed by atoms with E-state index in [1.165, 1.54) is 6.42 Å². The van der Waals surface area contributed by atoms with Crippen molar-refractivity contribution in [3.8, 4) is 5.75 Å². The van der Waals surface area contributed by atoms with E-state index in [1.54, 1.807) is 19.5 Å². The number of benzene rings is 1. The lowest BCUT2D eigenvalue weighted by Gasteiger charge is -2.43. The van der Waals surface area contributed by atoms with Crippen LogP contribution >= 0.6 is 0 Å². The summed E-state index contributed by atoms with van der Waals surface area (Å²) in [5.74, 6) is 1.41. The average molecular weight is 380 g/mol. The van der Waals surface area contributed by atoms with Crippen LogP contribution in [0.1, 0.15) is 62.1 Å². The predicted octanol–water partition coefficient (Wildman–Crippen LogP) is 4.09. The minimum absolute atomic E-state index is 0.280. The van der Waals surface area contributed by atoms with Gasteiger partial charge in [0.05, 0.1) is 18.2 Å². The van der Waals surface area contributed by atoms with E-state index in [9.17, 15) is 4.79 Å². The second-order valence-corrected chi connectivity index (χ2v) is 8.09. The lowest BCUT2D eigenvalue weighted by molar-refractivity contribution is -0.140. The minimum atomic E-state index is -0.394. The molecule has 1 aromatic heterocycles. The number of carbonyl (C=O) groups is 1. The summed E-state index contributed by atoms with van der Waals surface area (Å²) in [6, 6.07) is 8.15. The van der Waals surface area contributed by atoms with Crippen LogP contribution < -0.4 is 4.74 Å². The summed E-state index contributed by atoms with van der Waals surface area (Å²) >= 11 is 0. The summed E-state index contributed by atoms with van der Waals surface area (Å²) in [4.78, 5) is 24.7. The summed E-state index contributed by atoms with van der Waals surface area (Å²) < 4.78 is 5.32. The topological polar surface area (TPSA) is 55.3 Å². The standard InChI is InChI=1S/C23H29N3O2/c1-28-20-9-7-19(8-10-20)23(11-3-2-4-12-23)22(27)26-15-5-6-18(17-26)21-16-24-13-14-25-21/h7-10,13-14,16,18H,2-6,11-12,15,17H2,1H3/t18-/m0/s1.